The van der Waals surface area contributed by atoms with E-state index < -0.39 is 29.0 Å². The van der Waals surface area contributed by atoms with Crippen molar-refractivity contribution in [2.24, 2.45) is 15.8 Å². The van der Waals surface area contributed by atoms with Crippen molar-refractivity contribution >= 4 is 34.1 Å². The molecule has 0 spiro atoms. The van der Waals surface area contributed by atoms with E-state index in [1.54, 1.807) is 19.2 Å². The summed E-state index contributed by atoms with van der Waals surface area (Å²) in [6.45, 7) is 9.77. The molecule has 3 aromatic rings. The second kappa shape index (κ2) is 12.6. The van der Waals surface area contributed by atoms with E-state index >= 15 is 0 Å². The van der Waals surface area contributed by atoms with Gasteiger partial charge in [-0.25, -0.2) is 4.99 Å². The fraction of sp³-hybridized carbons (Fsp3) is 0.333. The van der Waals surface area contributed by atoms with Crippen molar-refractivity contribution in [3.63, 3.8) is 0 Å². The van der Waals surface area contributed by atoms with Gasteiger partial charge in [-0.05, 0) is 60.2 Å². The molecule has 1 fully saturated rings. The molecule has 3 aromatic carbocycles. The molecular formula is C42H43F3N6O2. The van der Waals surface area contributed by atoms with E-state index in [4.69, 9.17) is 20.2 Å². The van der Waals surface area contributed by atoms with Gasteiger partial charge < -0.3 is 25.0 Å². The molecule has 8 rings (SSSR count). The smallest absolute Gasteiger partial charge is 0.450 e. The van der Waals surface area contributed by atoms with Crippen LogP contribution in [0.15, 0.2) is 107 Å². The van der Waals surface area contributed by atoms with Gasteiger partial charge in [0.1, 0.15) is 5.75 Å². The average Bonchev–Trinajstić information content (AvgIpc) is 3.17. The molecule has 1 saturated heterocycles. The van der Waals surface area contributed by atoms with Crippen LogP contribution < -0.4 is 25.9 Å². The topological polar surface area (TPSA) is 78.9 Å². The minimum absolute atomic E-state index is 0.102. The molecule has 0 amide bonds. The Labute approximate surface area is 307 Å². The molecule has 53 heavy (non-hydrogen) atoms. The lowest BCUT2D eigenvalue weighted by molar-refractivity contribution is -0.0621. The largest absolute Gasteiger partial charge is 0.501 e. The van der Waals surface area contributed by atoms with Gasteiger partial charge in [-0.2, -0.15) is 18.3 Å². The monoisotopic (exact) mass is 720 g/mol. The molecule has 0 radical (unpaired) electrons. The van der Waals surface area contributed by atoms with Crippen molar-refractivity contribution in [3.05, 3.63) is 124 Å². The number of benzene rings is 3. The summed E-state index contributed by atoms with van der Waals surface area (Å²) in [4.78, 5) is 10.00. The predicted molar refractivity (Wildman–Crippen MR) is 204 cm³/mol. The predicted octanol–water partition coefficient (Wildman–Crippen LogP) is 6.42. The van der Waals surface area contributed by atoms with E-state index in [9.17, 15) is 13.2 Å². The Morgan fingerprint density at radius 2 is 1.91 bits per heavy atom. The zero-order valence-electron chi connectivity index (χ0n) is 30.4. The molecular weight excluding hydrogens is 677 g/mol. The maximum absolute atomic E-state index is 14.3. The number of hydrazone groups is 1. The maximum atomic E-state index is 14.3. The lowest BCUT2D eigenvalue weighted by Gasteiger charge is -2.63. The van der Waals surface area contributed by atoms with Gasteiger partial charge in [0.15, 0.2) is 0 Å². The van der Waals surface area contributed by atoms with Crippen LogP contribution in [0.2, 0.25) is 0 Å². The van der Waals surface area contributed by atoms with Crippen LogP contribution in [0.3, 0.4) is 0 Å². The molecule has 2 N–H and O–H groups in total. The normalized spacial score (nSPS) is 24.7. The Morgan fingerprint density at radius 3 is 2.60 bits per heavy atom. The van der Waals surface area contributed by atoms with Crippen LogP contribution in [0, 0.1) is 0 Å². The number of nitrogens with zero attached hydrogens (tertiary/aromatic N) is 5. The number of hydrogen-bond donors (Lipinski definition) is 1. The Morgan fingerprint density at radius 1 is 1.11 bits per heavy atom. The standard InChI is InChI=1S/C42H43F3N6O2/c1-6-18-41-25-51(48-39(46)42(43,44)45)26(3)35-15-11-12-19-49(35)24-40(41,7-2)33-22-29(53-5)21-32-31-20-28(52-4)16-17-30(31)37-38(36(32)33)50(41)23-34(47-37)27-13-9-8-10-14-27/h7-17,21-23,26H,2,6,18-20,24-25H2,1,3-5H3,(H2,46,48)/t26?,40?,41-/m0/s1. The quantitative estimate of drug-likeness (QED) is 0.173. The summed E-state index contributed by atoms with van der Waals surface area (Å²) in [5.74, 6) is 0.118. The van der Waals surface area contributed by atoms with Crippen LogP contribution in [-0.4, -0.2) is 67.4 Å². The molecule has 5 aliphatic rings. The molecule has 4 aliphatic heterocycles. The number of halogens is 3. The summed E-state index contributed by atoms with van der Waals surface area (Å²) in [6.07, 6.45) is 11.2. The molecule has 274 valence electrons. The highest BCUT2D eigenvalue weighted by Crippen LogP contribution is 2.57. The number of anilines is 1. The van der Waals surface area contributed by atoms with E-state index in [1.165, 1.54) is 0 Å². The third-order valence-corrected chi connectivity index (χ3v) is 11.7. The van der Waals surface area contributed by atoms with Gasteiger partial charge in [0.2, 0.25) is 5.84 Å². The highest BCUT2D eigenvalue weighted by Gasteiger charge is 2.61. The number of hydrogen-bond acceptors (Lipinski definition) is 7. The Balaban J connectivity index is 1.56. The van der Waals surface area contributed by atoms with Crippen LogP contribution in [0.25, 0.3) is 22.5 Å². The number of methoxy groups -OCH3 is 2. The highest BCUT2D eigenvalue weighted by molar-refractivity contribution is 6.05. The summed E-state index contributed by atoms with van der Waals surface area (Å²) < 4.78 is 54.6. The van der Waals surface area contributed by atoms with Crippen molar-refractivity contribution in [2.75, 3.05) is 38.8 Å². The number of fused-ring (bicyclic) bond motifs is 7. The third-order valence-electron chi connectivity index (χ3n) is 11.7. The fourth-order valence-electron chi connectivity index (χ4n) is 9.22. The minimum Gasteiger partial charge on any atom is -0.501 e. The lowest BCUT2D eigenvalue weighted by Crippen LogP contribution is -2.72. The molecule has 0 saturated carbocycles. The number of ether oxygens (including phenoxy) is 2. The van der Waals surface area contributed by atoms with Crippen LogP contribution in [0.5, 0.6) is 5.75 Å². The molecule has 11 heteroatoms. The second-order valence-corrected chi connectivity index (χ2v) is 14.3. The summed E-state index contributed by atoms with van der Waals surface area (Å²) in [6, 6.07) is 13.7. The second-order valence-electron chi connectivity index (χ2n) is 14.3. The molecule has 1 aliphatic carbocycles. The van der Waals surface area contributed by atoms with Crippen molar-refractivity contribution < 1.29 is 22.6 Å². The number of rotatable bonds is 7. The van der Waals surface area contributed by atoms with E-state index in [-0.39, 0.29) is 6.54 Å². The number of alkyl halides is 3. The molecule has 0 aromatic heterocycles. The van der Waals surface area contributed by atoms with Gasteiger partial charge >= 0.3 is 6.18 Å². The van der Waals surface area contributed by atoms with E-state index in [0.717, 1.165) is 67.3 Å². The van der Waals surface area contributed by atoms with Crippen molar-refractivity contribution in [2.45, 2.75) is 56.3 Å². The van der Waals surface area contributed by atoms with Crippen molar-refractivity contribution in [1.29, 1.82) is 0 Å². The average molecular weight is 721 g/mol. The Hall–Kier alpha value is -5.45. The summed E-state index contributed by atoms with van der Waals surface area (Å²) >= 11 is 0. The van der Waals surface area contributed by atoms with Crippen LogP contribution in [0.4, 0.5) is 18.9 Å². The lowest BCUT2D eigenvalue weighted by atomic mass is 9.57. The molecule has 3 atom stereocenters. The van der Waals surface area contributed by atoms with Gasteiger partial charge in [0.05, 0.1) is 60.3 Å². The van der Waals surface area contributed by atoms with E-state index in [0.29, 0.717) is 31.7 Å². The third kappa shape index (κ3) is 5.10. The van der Waals surface area contributed by atoms with Crippen LogP contribution in [-0.2, 0) is 16.6 Å². The first kappa shape index (κ1) is 34.6. The summed E-state index contributed by atoms with van der Waals surface area (Å²) in [5.41, 5.74) is 9.45. The summed E-state index contributed by atoms with van der Waals surface area (Å²) in [5, 5.41) is 9.58. The highest BCUT2D eigenvalue weighted by atomic mass is 19.4. The summed E-state index contributed by atoms with van der Waals surface area (Å²) in [7, 11) is 3.35. The Bertz CT molecular complexity index is 2310. The molecule has 8 nitrogen and oxygen atoms in total. The number of amidine groups is 1. The zero-order valence-corrected chi connectivity index (χ0v) is 30.4. The van der Waals surface area contributed by atoms with Gasteiger partial charge in [0.25, 0.3) is 0 Å². The van der Waals surface area contributed by atoms with E-state index in [2.05, 4.69) is 58.9 Å². The SMILES string of the molecule is C=CC12CN3CC=CC=C3C(C)N(/N=C(\N)C(F)(F)F)C[C@]1(CCC)N1C=C(c3ccccc3)N=c3c1c1c2cc(OC)cc1c1c3=CC=C(OC)C1. The van der Waals surface area contributed by atoms with Crippen LogP contribution in [0.1, 0.15) is 43.4 Å². The maximum Gasteiger partial charge on any atom is 0.450 e. The number of allylic oxidation sites excluding steroid dienone is 4. The first-order chi connectivity index (χ1) is 25.5. The van der Waals surface area contributed by atoms with Gasteiger partial charge in [0, 0.05) is 47.6 Å². The van der Waals surface area contributed by atoms with Crippen molar-refractivity contribution in [1.82, 2.24) is 9.91 Å². The first-order valence-corrected chi connectivity index (χ1v) is 18.0. The molecule has 2 unspecified atom stereocenters. The van der Waals surface area contributed by atoms with E-state index in [1.807, 2.05) is 61.6 Å². The van der Waals surface area contributed by atoms with Crippen molar-refractivity contribution in [3.8, 4) is 5.75 Å². The zero-order chi connectivity index (χ0) is 37.3. The minimum atomic E-state index is -4.81. The Kier molecular flexibility index (Phi) is 8.23. The molecule has 4 heterocycles. The number of nitrogens with two attached hydrogens (primary N) is 1. The van der Waals surface area contributed by atoms with Gasteiger partial charge in [-0.3, -0.25) is 5.01 Å². The van der Waals surface area contributed by atoms with Crippen LogP contribution >= 0.6 is 0 Å². The van der Waals surface area contributed by atoms with Gasteiger partial charge in [-0.1, -0.05) is 61.9 Å². The fourth-order valence-corrected chi connectivity index (χ4v) is 9.22. The molecule has 0 bridgehead atoms. The first-order valence-electron chi connectivity index (χ1n) is 18.0. The van der Waals surface area contributed by atoms with Gasteiger partial charge in [-0.15, -0.1) is 6.58 Å².